The number of hydrogen-bond acceptors (Lipinski definition) is 3. The second-order valence-electron chi connectivity index (χ2n) is 4.49. The molecule has 2 aromatic carbocycles. The number of hydrogen-bond donors (Lipinski definition) is 1. The SMILES string of the molecule is Cc1cccc(C(C[N+](=O)[O-])Nc2ccccc2)c1. The first-order chi connectivity index (χ1) is 9.15. The molecule has 19 heavy (non-hydrogen) atoms. The zero-order valence-corrected chi connectivity index (χ0v) is 10.7. The van der Waals surface area contributed by atoms with E-state index in [1.807, 2.05) is 61.5 Å². The predicted molar refractivity (Wildman–Crippen MR) is 75.8 cm³/mol. The minimum Gasteiger partial charge on any atom is -0.372 e. The molecule has 0 radical (unpaired) electrons. The fraction of sp³-hybridized carbons (Fsp3) is 0.200. The average molecular weight is 256 g/mol. The molecular weight excluding hydrogens is 240 g/mol. The molecule has 4 nitrogen and oxygen atoms in total. The maximum Gasteiger partial charge on any atom is 0.227 e. The van der Waals surface area contributed by atoms with Crippen LogP contribution in [0.4, 0.5) is 5.69 Å². The number of aryl methyl sites for hydroxylation is 1. The molecule has 2 aromatic rings. The van der Waals surface area contributed by atoms with Gasteiger partial charge in [-0.2, -0.15) is 0 Å². The summed E-state index contributed by atoms with van der Waals surface area (Å²) >= 11 is 0. The van der Waals surface area contributed by atoms with Crippen molar-refractivity contribution in [2.45, 2.75) is 13.0 Å². The van der Waals surface area contributed by atoms with Crippen LogP contribution in [-0.2, 0) is 0 Å². The largest absolute Gasteiger partial charge is 0.372 e. The van der Waals surface area contributed by atoms with Crippen LogP contribution in [0.2, 0.25) is 0 Å². The Labute approximate surface area is 112 Å². The smallest absolute Gasteiger partial charge is 0.227 e. The molecule has 1 unspecified atom stereocenters. The maximum atomic E-state index is 10.8. The van der Waals surface area contributed by atoms with Crippen LogP contribution in [0.5, 0.6) is 0 Å². The van der Waals surface area contributed by atoms with Crippen molar-refractivity contribution in [2.24, 2.45) is 0 Å². The number of anilines is 1. The Morgan fingerprint density at radius 1 is 1.16 bits per heavy atom. The molecule has 0 aliphatic rings. The first-order valence-corrected chi connectivity index (χ1v) is 6.15. The fourth-order valence-corrected chi connectivity index (χ4v) is 2.01. The minimum atomic E-state index is -0.322. The highest BCUT2D eigenvalue weighted by molar-refractivity contribution is 5.45. The maximum absolute atomic E-state index is 10.8. The van der Waals surface area contributed by atoms with Crippen LogP contribution in [0.25, 0.3) is 0 Å². The molecule has 1 atom stereocenters. The molecule has 98 valence electrons. The van der Waals surface area contributed by atoms with Gasteiger partial charge in [0.1, 0.15) is 6.04 Å². The van der Waals surface area contributed by atoms with Crippen LogP contribution in [0.15, 0.2) is 54.6 Å². The van der Waals surface area contributed by atoms with Gasteiger partial charge in [0.15, 0.2) is 0 Å². The van der Waals surface area contributed by atoms with Gasteiger partial charge >= 0.3 is 0 Å². The number of benzene rings is 2. The summed E-state index contributed by atoms with van der Waals surface area (Å²) in [5.74, 6) is 0. The fourth-order valence-electron chi connectivity index (χ4n) is 2.01. The summed E-state index contributed by atoms with van der Waals surface area (Å²) in [4.78, 5) is 10.5. The van der Waals surface area contributed by atoms with Crippen molar-refractivity contribution in [3.05, 3.63) is 75.8 Å². The van der Waals surface area contributed by atoms with Crippen LogP contribution in [0.3, 0.4) is 0 Å². The second-order valence-corrected chi connectivity index (χ2v) is 4.49. The van der Waals surface area contributed by atoms with E-state index < -0.39 is 0 Å². The Kier molecular flexibility index (Phi) is 4.13. The highest BCUT2D eigenvalue weighted by Crippen LogP contribution is 2.20. The van der Waals surface area contributed by atoms with E-state index in [1.165, 1.54) is 0 Å². The monoisotopic (exact) mass is 256 g/mol. The van der Waals surface area contributed by atoms with E-state index in [9.17, 15) is 10.1 Å². The minimum absolute atomic E-state index is 0.141. The number of nitrogens with zero attached hydrogens (tertiary/aromatic N) is 1. The van der Waals surface area contributed by atoms with Crippen molar-refractivity contribution < 1.29 is 4.92 Å². The van der Waals surface area contributed by atoms with Crippen molar-refractivity contribution in [1.82, 2.24) is 0 Å². The van der Waals surface area contributed by atoms with Crippen LogP contribution in [-0.4, -0.2) is 11.5 Å². The summed E-state index contributed by atoms with van der Waals surface area (Å²) in [5.41, 5.74) is 2.91. The third kappa shape index (κ3) is 3.81. The van der Waals surface area contributed by atoms with Gasteiger partial charge in [-0.05, 0) is 24.6 Å². The van der Waals surface area contributed by atoms with Gasteiger partial charge in [0.2, 0.25) is 6.54 Å². The van der Waals surface area contributed by atoms with Gasteiger partial charge in [0.25, 0.3) is 0 Å². The van der Waals surface area contributed by atoms with E-state index in [2.05, 4.69) is 5.32 Å². The van der Waals surface area contributed by atoms with Crippen molar-refractivity contribution in [3.63, 3.8) is 0 Å². The van der Waals surface area contributed by atoms with Crippen molar-refractivity contribution in [1.29, 1.82) is 0 Å². The van der Waals surface area contributed by atoms with Crippen molar-refractivity contribution in [3.8, 4) is 0 Å². The molecule has 0 aromatic heterocycles. The Morgan fingerprint density at radius 3 is 2.53 bits per heavy atom. The van der Waals surface area contributed by atoms with Crippen LogP contribution >= 0.6 is 0 Å². The van der Waals surface area contributed by atoms with E-state index >= 15 is 0 Å². The summed E-state index contributed by atoms with van der Waals surface area (Å²) in [6.45, 7) is 1.84. The molecule has 0 aliphatic carbocycles. The number of rotatable bonds is 5. The highest BCUT2D eigenvalue weighted by Gasteiger charge is 2.17. The topological polar surface area (TPSA) is 55.2 Å². The zero-order valence-electron chi connectivity index (χ0n) is 10.7. The quantitative estimate of drug-likeness (QED) is 0.658. The van der Waals surface area contributed by atoms with E-state index in [4.69, 9.17) is 0 Å². The van der Waals surface area contributed by atoms with Crippen LogP contribution < -0.4 is 5.32 Å². The van der Waals surface area contributed by atoms with Gasteiger partial charge in [-0.1, -0.05) is 48.0 Å². The molecular formula is C15H16N2O2. The molecule has 0 saturated carbocycles. The molecule has 0 amide bonds. The van der Waals surface area contributed by atoms with Gasteiger partial charge in [-0.15, -0.1) is 0 Å². The lowest BCUT2D eigenvalue weighted by Gasteiger charge is -2.17. The third-order valence-corrected chi connectivity index (χ3v) is 2.89. The molecule has 0 aliphatic heterocycles. The van der Waals surface area contributed by atoms with Gasteiger partial charge in [0, 0.05) is 10.6 Å². The molecule has 0 fully saturated rings. The summed E-state index contributed by atoms with van der Waals surface area (Å²) in [6, 6.07) is 17.0. The summed E-state index contributed by atoms with van der Waals surface area (Å²) in [5, 5.41) is 14.0. The van der Waals surface area contributed by atoms with Crippen molar-refractivity contribution in [2.75, 3.05) is 11.9 Å². The molecule has 2 rings (SSSR count). The summed E-state index contributed by atoms with van der Waals surface area (Å²) in [6.07, 6.45) is 0. The molecule has 1 N–H and O–H groups in total. The third-order valence-electron chi connectivity index (χ3n) is 2.89. The number of nitrogens with one attached hydrogen (secondary N) is 1. The molecule has 4 heteroatoms. The van der Waals surface area contributed by atoms with Gasteiger partial charge in [-0.25, -0.2) is 0 Å². The predicted octanol–water partition coefficient (Wildman–Crippen LogP) is 3.42. The summed E-state index contributed by atoms with van der Waals surface area (Å²) < 4.78 is 0. The average Bonchev–Trinajstić information content (AvgIpc) is 2.39. The Balaban J connectivity index is 2.23. The lowest BCUT2D eigenvalue weighted by Crippen LogP contribution is -2.20. The molecule has 0 heterocycles. The second kappa shape index (κ2) is 6.00. The molecule has 0 spiro atoms. The van der Waals surface area contributed by atoms with E-state index in [1.54, 1.807) is 0 Å². The van der Waals surface area contributed by atoms with Crippen molar-refractivity contribution >= 4 is 5.69 Å². The zero-order chi connectivity index (χ0) is 13.7. The van der Waals surface area contributed by atoms with Gasteiger partial charge in [-0.3, -0.25) is 10.1 Å². The normalized spacial score (nSPS) is 11.8. The van der Waals surface area contributed by atoms with Gasteiger partial charge in [0.05, 0.1) is 0 Å². The highest BCUT2D eigenvalue weighted by atomic mass is 16.6. The lowest BCUT2D eigenvalue weighted by molar-refractivity contribution is -0.482. The summed E-state index contributed by atoms with van der Waals surface area (Å²) in [7, 11) is 0. The van der Waals surface area contributed by atoms with E-state index in [-0.39, 0.29) is 17.5 Å². The Hall–Kier alpha value is -2.36. The molecule has 0 saturated heterocycles. The van der Waals surface area contributed by atoms with E-state index in [0.717, 1.165) is 16.8 Å². The Morgan fingerprint density at radius 2 is 1.89 bits per heavy atom. The number of para-hydroxylation sites is 1. The van der Waals surface area contributed by atoms with Crippen LogP contribution in [0.1, 0.15) is 17.2 Å². The Bertz CT molecular complexity index is 555. The number of nitro groups is 1. The standard InChI is InChI=1S/C15H16N2O2/c1-12-6-5-7-13(10-12)15(11-17(18)19)16-14-8-3-2-4-9-14/h2-10,15-16H,11H2,1H3. The van der Waals surface area contributed by atoms with Crippen LogP contribution in [0, 0.1) is 17.0 Å². The molecule has 0 bridgehead atoms. The van der Waals surface area contributed by atoms with Gasteiger partial charge < -0.3 is 5.32 Å². The van der Waals surface area contributed by atoms with E-state index in [0.29, 0.717) is 0 Å². The first kappa shape index (κ1) is 13.1. The first-order valence-electron chi connectivity index (χ1n) is 6.15. The lowest BCUT2D eigenvalue weighted by atomic mass is 10.0.